The first-order valence-corrected chi connectivity index (χ1v) is 14.8. The van der Waals surface area contributed by atoms with Gasteiger partial charge in [0, 0.05) is 12.6 Å². The van der Waals surface area contributed by atoms with E-state index in [1.54, 1.807) is 0 Å². The predicted octanol–water partition coefficient (Wildman–Crippen LogP) is 0.761. The largest absolute Gasteiger partial charge is 0.387 e. The number of ether oxygens (including phenoxy) is 3. The lowest BCUT2D eigenvalue weighted by atomic mass is 10.1. The van der Waals surface area contributed by atoms with E-state index in [0.29, 0.717) is 23.7 Å². The van der Waals surface area contributed by atoms with E-state index in [-0.39, 0.29) is 17.0 Å². The zero-order valence-corrected chi connectivity index (χ0v) is 22.2. The molecule has 0 bridgehead atoms. The first kappa shape index (κ1) is 28.1. The molecule has 5 rings (SSSR count). The molecule has 2 aromatic heterocycles. The van der Waals surface area contributed by atoms with Gasteiger partial charge in [-0.05, 0) is 43.2 Å². The Morgan fingerprint density at radius 3 is 2.58 bits per heavy atom. The van der Waals surface area contributed by atoms with Crippen molar-refractivity contribution in [3.05, 3.63) is 11.5 Å². The van der Waals surface area contributed by atoms with Crippen molar-refractivity contribution in [3.63, 3.8) is 0 Å². The molecule has 0 aromatic carbocycles. The van der Waals surface area contributed by atoms with E-state index in [0.717, 1.165) is 38.5 Å². The lowest BCUT2D eigenvalue weighted by Gasteiger charge is -2.25. The van der Waals surface area contributed by atoms with Crippen LogP contribution in [0.3, 0.4) is 0 Å². The van der Waals surface area contributed by atoms with E-state index in [9.17, 15) is 29.7 Å². The van der Waals surface area contributed by atoms with E-state index in [4.69, 9.17) is 25.8 Å². The third-order valence-electron chi connectivity index (χ3n) is 7.23. The fourth-order valence-electron chi connectivity index (χ4n) is 4.82. The molecule has 38 heavy (non-hydrogen) atoms. The molecule has 2 aliphatic carbocycles. The Labute approximate surface area is 223 Å². The maximum Gasteiger partial charge on any atom is 0.336 e. The Hall–Kier alpha value is -1.45. The molecule has 2 saturated carbocycles. The summed E-state index contributed by atoms with van der Waals surface area (Å²) in [4.78, 5) is 27.8. The molecule has 0 spiro atoms. The van der Waals surface area contributed by atoms with Gasteiger partial charge in [-0.25, -0.2) is 4.68 Å². The first-order valence-electron chi connectivity index (χ1n) is 12.7. The molecule has 1 saturated heterocycles. The van der Waals surface area contributed by atoms with E-state index in [2.05, 4.69) is 20.4 Å². The minimum atomic E-state index is -4.76. The van der Waals surface area contributed by atoms with Crippen LogP contribution < -0.4 is 5.32 Å². The van der Waals surface area contributed by atoms with Crippen molar-refractivity contribution < 1.29 is 43.9 Å². The molecule has 6 N–H and O–H groups in total. The summed E-state index contributed by atoms with van der Waals surface area (Å²) in [7, 11) is -4.76. The summed E-state index contributed by atoms with van der Waals surface area (Å²) in [5, 5.41) is 39.9. The maximum atomic E-state index is 11.9. The summed E-state index contributed by atoms with van der Waals surface area (Å²) in [6.07, 6.45) is 0.716. The highest BCUT2D eigenvalue weighted by atomic mass is 35.5. The van der Waals surface area contributed by atoms with Gasteiger partial charge in [-0.2, -0.15) is 15.1 Å². The Kier molecular flexibility index (Phi) is 8.56. The van der Waals surface area contributed by atoms with E-state index >= 15 is 0 Å². The fourth-order valence-corrected chi connectivity index (χ4v) is 5.70. The van der Waals surface area contributed by atoms with Gasteiger partial charge in [0.15, 0.2) is 18.2 Å². The highest BCUT2D eigenvalue weighted by molar-refractivity contribution is 7.52. The van der Waals surface area contributed by atoms with Gasteiger partial charge in [-0.1, -0.05) is 12.8 Å². The molecule has 2 aromatic rings. The minimum Gasteiger partial charge on any atom is -0.387 e. The predicted molar refractivity (Wildman–Crippen MR) is 133 cm³/mol. The topological polar surface area (TPSA) is 202 Å². The molecular weight excluding hydrogens is 545 g/mol. The molecule has 6 atom stereocenters. The molecule has 0 unspecified atom stereocenters. The van der Waals surface area contributed by atoms with Crippen LogP contribution in [0.5, 0.6) is 0 Å². The minimum absolute atomic E-state index is 0.0248. The van der Waals surface area contributed by atoms with Crippen LogP contribution in [0.4, 0.5) is 5.82 Å². The highest BCUT2D eigenvalue weighted by Gasteiger charge is 2.46. The van der Waals surface area contributed by atoms with Gasteiger partial charge in [-0.15, -0.1) is 0 Å². The van der Waals surface area contributed by atoms with Gasteiger partial charge in [-0.3, -0.25) is 4.57 Å². The number of nitrogens with one attached hydrogen (secondary N) is 1. The number of aliphatic hydroxyl groups excluding tert-OH is 3. The summed E-state index contributed by atoms with van der Waals surface area (Å²) >= 11 is 6.17. The molecular formula is C22H33ClN5O9P. The number of aliphatic hydroxyl groups is 3. The second-order valence-electron chi connectivity index (χ2n) is 10.2. The van der Waals surface area contributed by atoms with Crippen LogP contribution in [0.15, 0.2) is 6.20 Å². The summed E-state index contributed by atoms with van der Waals surface area (Å²) < 4.78 is 29.6. The number of hydrogen-bond acceptors (Lipinski definition) is 11. The van der Waals surface area contributed by atoms with Gasteiger partial charge >= 0.3 is 7.60 Å². The average Bonchev–Trinajstić information content (AvgIpc) is 3.22. The quantitative estimate of drug-likeness (QED) is 0.117. The number of anilines is 1. The summed E-state index contributed by atoms with van der Waals surface area (Å²) in [6, 6.07) is 0.256. The van der Waals surface area contributed by atoms with Crippen LogP contribution in [0.25, 0.3) is 11.0 Å². The zero-order chi connectivity index (χ0) is 27.0. The molecule has 0 amide bonds. The SMILES string of the molecule is O=P(O)(O)[C@H](COCC1CC1)[C@H](O)OC[C@H]1O[C@@H](n2ncc3c(NC4CCCC4)nc(Cl)nc32)[C@H](O)[C@@H]1O. The zero-order valence-electron chi connectivity index (χ0n) is 20.5. The van der Waals surface area contributed by atoms with Crippen LogP contribution in [-0.2, 0) is 18.8 Å². The number of halogens is 1. The first-order chi connectivity index (χ1) is 18.1. The van der Waals surface area contributed by atoms with Gasteiger partial charge in [0.05, 0.1) is 24.8 Å². The second kappa shape index (κ2) is 11.6. The monoisotopic (exact) mass is 577 g/mol. The number of hydrogen-bond donors (Lipinski definition) is 6. The smallest absolute Gasteiger partial charge is 0.336 e. The summed E-state index contributed by atoms with van der Waals surface area (Å²) in [5.41, 5.74) is -1.32. The van der Waals surface area contributed by atoms with Crippen LogP contribution >= 0.6 is 19.2 Å². The van der Waals surface area contributed by atoms with Crippen molar-refractivity contribution in [2.24, 2.45) is 5.92 Å². The number of aromatic nitrogens is 4. The molecule has 1 aliphatic heterocycles. The van der Waals surface area contributed by atoms with Crippen LogP contribution in [0.2, 0.25) is 5.28 Å². The van der Waals surface area contributed by atoms with Crippen molar-refractivity contribution in [1.82, 2.24) is 19.7 Å². The van der Waals surface area contributed by atoms with Crippen LogP contribution in [-0.4, -0.2) is 101 Å². The standard InChI is InChI=1S/C22H33ClN5O9P/c23-22-26-18(25-12-3-1-2-4-12)13-7-24-28(19(13)27-22)20-17(30)16(29)14(37-20)9-36-21(31)15(38(32,33)34)10-35-8-11-5-6-11/h7,11-12,14-17,20-21,29-31H,1-6,8-10H2,(H,25,26,27)(H2,32,33,34)/t14-,15-,16-,17-,20-,21-/m1/s1. The van der Waals surface area contributed by atoms with Crippen LogP contribution in [0, 0.1) is 5.92 Å². The maximum absolute atomic E-state index is 11.9. The Morgan fingerprint density at radius 2 is 1.89 bits per heavy atom. The Bertz CT molecular complexity index is 1160. The molecule has 3 fully saturated rings. The fraction of sp³-hybridized carbons (Fsp3) is 0.773. The molecule has 14 nitrogen and oxygen atoms in total. The number of nitrogens with zero attached hydrogens (tertiary/aromatic N) is 4. The molecule has 3 aliphatic rings. The van der Waals surface area contributed by atoms with Gasteiger partial charge in [0.2, 0.25) is 5.28 Å². The molecule has 3 heterocycles. The normalized spacial score (nSPS) is 28.3. The third-order valence-corrected chi connectivity index (χ3v) is 8.67. The molecule has 212 valence electrons. The van der Waals surface area contributed by atoms with Gasteiger partial charge in [0.1, 0.15) is 29.8 Å². The lowest BCUT2D eigenvalue weighted by molar-refractivity contribution is -0.151. The highest BCUT2D eigenvalue weighted by Crippen LogP contribution is 2.44. The van der Waals surface area contributed by atoms with Crippen molar-refractivity contribution >= 4 is 36.0 Å². The van der Waals surface area contributed by atoms with Crippen molar-refractivity contribution in [3.8, 4) is 0 Å². The second-order valence-corrected chi connectivity index (χ2v) is 12.4. The van der Waals surface area contributed by atoms with Crippen molar-refractivity contribution in [1.29, 1.82) is 0 Å². The van der Waals surface area contributed by atoms with E-state index in [1.807, 2.05) is 0 Å². The van der Waals surface area contributed by atoms with E-state index in [1.165, 1.54) is 10.9 Å². The van der Waals surface area contributed by atoms with Gasteiger partial charge < -0.3 is 44.6 Å². The average molecular weight is 578 g/mol. The third kappa shape index (κ3) is 6.30. The Balaban J connectivity index is 1.25. The number of rotatable bonds is 12. The van der Waals surface area contributed by atoms with Crippen molar-refractivity contribution in [2.75, 3.05) is 25.1 Å². The summed E-state index contributed by atoms with van der Waals surface area (Å²) in [5.74, 6) is 0.889. The van der Waals surface area contributed by atoms with Gasteiger partial charge in [0.25, 0.3) is 0 Å². The lowest BCUT2D eigenvalue weighted by Crippen LogP contribution is -2.38. The van der Waals surface area contributed by atoms with E-state index < -0.39 is 57.3 Å². The molecule has 0 radical (unpaired) electrons. The molecule has 16 heteroatoms. The summed E-state index contributed by atoms with van der Waals surface area (Å²) in [6.45, 7) is -0.498. The van der Waals surface area contributed by atoms with Crippen LogP contribution in [0.1, 0.15) is 44.8 Å². The Morgan fingerprint density at radius 1 is 1.16 bits per heavy atom. The number of fused-ring (bicyclic) bond motifs is 1. The van der Waals surface area contributed by atoms with Crippen molar-refractivity contribution in [2.45, 2.75) is 81.1 Å².